The summed E-state index contributed by atoms with van der Waals surface area (Å²) in [6, 6.07) is 5.65. The molecule has 1 saturated heterocycles. The Morgan fingerprint density at radius 3 is 2.62 bits per heavy atom. The van der Waals surface area contributed by atoms with Gasteiger partial charge in [-0.3, -0.25) is 0 Å². The zero-order valence-corrected chi connectivity index (χ0v) is 19.0. The minimum Gasteiger partial charge on any atom is -0.480 e. The molecule has 1 aromatic carbocycles. The van der Waals surface area contributed by atoms with Crippen molar-refractivity contribution in [3.63, 3.8) is 0 Å². The fourth-order valence-electron chi connectivity index (χ4n) is 3.39. The van der Waals surface area contributed by atoms with Gasteiger partial charge < -0.3 is 25.0 Å². The monoisotopic (exact) mass is 462 g/mol. The maximum Gasteiger partial charge on any atom is 0.414 e. The van der Waals surface area contributed by atoms with Crippen LogP contribution in [-0.4, -0.2) is 70.2 Å². The van der Waals surface area contributed by atoms with E-state index in [2.05, 4.69) is 27.2 Å². The van der Waals surface area contributed by atoms with Crippen LogP contribution >= 0.6 is 11.6 Å². The van der Waals surface area contributed by atoms with Crippen molar-refractivity contribution in [1.29, 1.82) is 0 Å². The zero-order chi connectivity index (χ0) is 23.3. The Bertz CT molecular complexity index is 956. The van der Waals surface area contributed by atoms with E-state index in [1.54, 1.807) is 38.4 Å². The third-order valence-corrected chi connectivity index (χ3v) is 5.24. The second-order valence-electron chi connectivity index (χ2n) is 8.07. The number of halogens is 1. The van der Waals surface area contributed by atoms with Crippen molar-refractivity contribution >= 4 is 35.6 Å². The fraction of sp³-hybridized carbons (Fsp3) is 0.476. The molecule has 0 saturated carbocycles. The van der Waals surface area contributed by atoms with Crippen molar-refractivity contribution in [1.82, 2.24) is 19.9 Å². The Morgan fingerprint density at radius 1 is 1.28 bits per heavy atom. The standard InChI is InChI=1S/C21H27ClN6O4/c1-13-5-4-10-28(12-13)20-25-18(22)24-19(26-20)23-16(17(29)30)11-14-6-8-15(9-7-14)32-21(31)27(2)3/h6-9,13,16H,4-5,10-12H2,1-3H3,(H,29,30)(H,23,24,25,26)/t13?,16-/m0/s1. The Hall–Kier alpha value is -3.14. The first-order valence-electron chi connectivity index (χ1n) is 10.3. The van der Waals surface area contributed by atoms with Crippen LogP contribution in [0.4, 0.5) is 16.7 Å². The predicted octanol–water partition coefficient (Wildman–Crippen LogP) is 2.93. The first kappa shape index (κ1) is 23.5. The number of anilines is 2. The highest BCUT2D eigenvalue weighted by Gasteiger charge is 2.23. The van der Waals surface area contributed by atoms with Crippen molar-refractivity contribution < 1.29 is 19.4 Å². The molecular weight excluding hydrogens is 436 g/mol. The molecule has 2 aromatic rings. The average Bonchev–Trinajstić information content (AvgIpc) is 2.74. The molecule has 2 N–H and O–H groups in total. The lowest BCUT2D eigenvalue weighted by atomic mass is 10.0. The van der Waals surface area contributed by atoms with Crippen LogP contribution in [0.15, 0.2) is 24.3 Å². The molecule has 0 aliphatic carbocycles. The Labute approximate surface area is 191 Å². The van der Waals surface area contributed by atoms with E-state index in [0.29, 0.717) is 17.6 Å². The number of ether oxygens (including phenoxy) is 1. The molecule has 32 heavy (non-hydrogen) atoms. The molecule has 0 bridgehead atoms. The van der Waals surface area contributed by atoms with Gasteiger partial charge in [0.05, 0.1) is 0 Å². The number of aliphatic carboxylic acids is 1. The van der Waals surface area contributed by atoms with Crippen molar-refractivity contribution in [2.45, 2.75) is 32.2 Å². The summed E-state index contributed by atoms with van der Waals surface area (Å²) in [5, 5.41) is 12.6. The lowest BCUT2D eigenvalue weighted by molar-refractivity contribution is -0.137. The summed E-state index contributed by atoms with van der Waals surface area (Å²) in [5.41, 5.74) is 0.736. The number of carbonyl (C=O) groups is 2. The van der Waals surface area contributed by atoms with Crippen molar-refractivity contribution in [2.75, 3.05) is 37.4 Å². The molecule has 10 nitrogen and oxygen atoms in total. The van der Waals surface area contributed by atoms with Crippen LogP contribution in [0, 0.1) is 5.92 Å². The molecule has 172 valence electrons. The molecular formula is C21H27ClN6O4. The second kappa shape index (κ2) is 10.4. The summed E-state index contributed by atoms with van der Waals surface area (Å²) < 4.78 is 5.18. The van der Waals surface area contributed by atoms with Gasteiger partial charge in [-0.1, -0.05) is 19.1 Å². The van der Waals surface area contributed by atoms with E-state index in [1.807, 2.05) is 4.90 Å². The van der Waals surface area contributed by atoms with Gasteiger partial charge in [-0.05, 0) is 48.1 Å². The third kappa shape index (κ3) is 6.43. The zero-order valence-electron chi connectivity index (χ0n) is 18.3. The van der Waals surface area contributed by atoms with E-state index in [-0.39, 0.29) is 17.7 Å². The summed E-state index contributed by atoms with van der Waals surface area (Å²) in [6.45, 7) is 3.80. The number of amides is 1. The number of rotatable bonds is 7. The van der Waals surface area contributed by atoms with Gasteiger partial charge in [-0.25, -0.2) is 9.59 Å². The van der Waals surface area contributed by atoms with E-state index in [4.69, 9.17) is 16.3 Å². The summed E-state index contributed by atoms with van der Waals surface area (Å²) in [5.74, 6) is 0.384. The van der Waals surface area contributed by atoms with E-state index in [0.717, 1.165) is 31.5 Å². The lowest BCUT2D eigenvalue weighted by Gasteiger charge is -2.31. The molecule has 1 amide bonds. The maximum absolute atomic E-state index is 11.9. The summed E-state index contributed by atoms with van der Waals surface area (Å²) in [4.78, 5) is 39.5. The van der Waals surface area contributed by atoms with Gasteiger partial charge in [0, 0.05) is 33.6 Å². The second-order valence-corrected chi connectivity index (χ2v) is 8.41. The summed E-state index contributed by atoms with van der Waals surface area (Å²) >= 11 is 6.09. The maximum atomic E-state index is 11.9. The highest BCUT2D eigenvalue weighted by Crippen LogP contribution is 2.22. The van der Waals surface area contributed by atoms with E-state index < -0.39 is 18.1 Å². The van der Waals surface area contributed by atoms with Crippen molar-refractivity contribution in [3.8, 4) is 5.75 Å². The van der Waals surface area contributed by atoms with Gasteiger partial charge in [-0.15, -0.1) is 0 Å². The molecule has 0 radical (unpaired) electrons. The number of carboxylic acid groups (broad SMARTS) is 1. The van der Waals surface area contributed by atoms with E-state index in [9.17, 15) is 14.7 Å². The molecule has 2 heterocycles. The number of hydrogen-bond acceptors (Lipinski definition) is 8. The smallest absolute Gasteiger partial charge is 0.414 e. The van der Waals surface area contributed by atoms with Crippen molar-refractivity contribution in [3.05, 3.63) is 35.1 Å². The average molecular weight is 463 g/mol. The third-order valence-electron chi connectivity index (χ3n) is 5.07. The van der Waals surface area contributed by atoms with E-state index in [1.165, 1.54) is 4.90 Å². The van der Waals surface area contributed by atoms with Crippen LogP contribution in [0.25, 0.3) is 0 Å². The molecule has 2 atom stereocenters. The number of carboxylic acids is 1. The summed E-state index contributed by atoms with van der Waals surface area (Å²) in [7, 11) is 3.18. The summed E-state index contributed by atoms with van der Waals surface area (Å²) in [6.07, 6.45) is 1.85. The Morgan fingerprint density at radius 2 is 2.00 bits per heavy atom. The molecule has 0 spiro atoms. The van der Waals surface area contributed by atoms with Gasteiger partial charge in [0.25, 0.3) is 0 Å². The molecule has 1 aliphatic rings. The van der Waals surface area contributed by atoms with Crippen LogP contribution in [-0.2, 0) is 11.2 Å². The number of nitrogens with zero attached hydrogens (tertiary/aromatic N) is 5. The minimum atomic E-state index is -1.06. The first-order valence-corrected chi connectivity index (χ1v) is 10.7. The van der Waals surface area contributed by atoms with Gasteiger partial charge >= 0.3 is 12.1 Å². The molecule has 11 heteroatoms. The number of hydrogen-bond donors (Lipinski definition) is 2. The molecule has 1 unspecified atom stereocenters. The van der Waals surface area contributed by atoms with Gasteiger partial charge in [-0.2, -0.15) is 15.0 Å². The van der Waals surface area contributed by atoms with Gasteiger partial charge in [0.1, 0.15) is 11.8 Å². The topological polar surface area (TPSA) is 121 Å². The number of piperidine rings is 1. The SMILES string of the molecule is CC1CCCN(c2nc(Cl)nc(N[C@@H](Cc3ccc(OC(=O)N(C)C)cc3)C(=O)O)n2)C1. The van der Waals surface area contributed by atoms with Crippen LogP contribution in [0.2, 0.25) is 5.28 Å². The number of benzene rings is 1. The number of carbonyl (C=O) groups excluding carboxylic acids is 1. The Balaban J connectivity index is 1.70. The van der Waals surface area contributed by atoms with Crippen molar-refractivity contribution in [2.24, 2.45) is 5.92 Å². The highest BCUT2D eigenvalue weighted by atomic mass is 35.5. The largest absolute Gasteiger partial charge is 0.480 e. The minimum absolute atomic E-state index is 0.00641. The van der Waals surface area contributed by atoms with Crippen LogP contribution in [0.1, 0.15) is 25.3 Å². The van der Waals surface area contributed by atoms with Crippen LogP contribution in [0.3, 0.4) is 0 Å². The highest BCUT2D eigenvalue weighted by molar-refractivity contribution is 6.28. The fourth-order valence-corrected chi connectivity index (χ4v) is 3.55. The van der Waals surface area contributed by atoms with Crippen LogP contribution < -0.4 is 15.0 Å². The van der Waals surface area contributed by atoms with E-state index >= 15 is 0 Å². The molecule has 1 aromatic heterocycles. The van der Waals surface area contributed by atoms with Crippen LogP contribution in [0.5, 0.6) is 5.75 Å². The quantitative estimate of drug-likeness (QED) is 0.639. The molecule has 1 fully saturated rings. The normalized spacial score (nSPS) is 16.9. The number of nitrogens with one attached hydrogen (secondary N) is 1. The van der Waals surface area contributed by atoms with Gasteiger partial charge in [0.2, 0.25) is 17.2 Å². The van der Waals surface area contributed by atoms with Gasteiger partial charge in [0.15, 0.2) is 0 Å². The number of aromatic nitrogens is 3. The lowest BCUT2D eigenvalue weighted by Crippen LogP contribution is -2.36. The molecule has 1 aliphatic heterocycles. The first-order chi connectivity index (χ1) is 15.2. The molecule has 3 rings (SSSR count). The predicted molar refractivity (Wildman–Crippen MR) is 120 cm³/mol. The Kier molecular flexibility index (Phi) is 7.68.